The monoisotopic (exact) mass is 185 g/mol. The van der Waals surface area contributed by atoms with Gasteiger partial charge in [0.1, 0.15) is 10.2 Å². The molecule has 0 amide bonds. The van der Waals surface area contributed by atoms with Crippen LogP contribution in [0.15, 0.2) is 24.1 Å². The van der Waals surface area contributed by atoms with E-state index in [9.17, 15) is 0 Å². The van der Waals surface area contributed by atoms with Gasteiger partial charge in [0, 0.05) is 5.38 Å². The Morgan fingerprint density at radius 3 is 3.00 bits per heavy atom. The lowest BCUT2D eigenvalue weighted by molar-refractivity contribution is 1.36. The Hall–Kier alpha value is -0.600. The van der Waals surface area contributed by atoms with Crippen molar-refractivity contribution in [3.05, 3.63) is 34.3 Å². The number of thiazole rings is 1. The summed E-state index contributed by atoms with van der Waals surface area (Å²) in [6.45, 7) is 5.58. The second-order valence-electron chi connectivity index (χ2n) is 2.06. The first kappa shape index (κ1) is 8.50. The molecule has 0 aliphatic carbocycles. The zero-order chi connectivity index (χ0) is 8.27. The fourth-order valence-corrected chi connectivity index (χ4v) is 1.62. The molecule has 3 heteroatoms. The van der Waals surface area contributed by atoms with Gasteiger partial charge >= 0.3 is 0 Å². The first-order chi connectivity index (χ1) is 5.24. The average Bonchev–Trinajstić information content (AvgIpc) is 2.36. The summed E-state index contributed by atoms with van der Waals surface area (Å²) in [5.74, 6) is 0. The van der Waals surface area contributed by atoms with E-state index in [1.54, 1.807) is 6.08 Å². The van der Waals surface area contributed by atoms with E-state index >= 15 is 0 Å². The summed E-state index contributed by atoms with van der Waals surface area (Å²) in [4.78, 5) is 4.10. The quantitative estimate of drug-likeness (QED) is 0.644. The molecule has 1 nitrogen and oxygen atoms in total. The minimum atomic E-state index is 0.557. The Morgan fingerprint density at radius 1 is 1.82 bits per heavy atom. The van der Waals surface area contributed by atoms with Gasteiger partial charge in [-0.15, -0.1) is 11.3 Å². The minimum absolute atomic E-state index is 0.557. The summed E-state index contributed by atoms with van der Waals surface area (Å²) in [7, 11) is 0. The van der Waals surface area contributed by atoms with Gasteiger partial charge in [0.25, 0.3) is 0 Å². The van der Waals surface area contributed by atoms with Crippen LogP contribution in [-0.2, 0) is 0 Å². The van der Waals surface area contributed by atoms with Crippen molar-refractivity contribution in [3.63, 3.8) is 0 Å². The molecule has 11 heavy (non-hydrogen) atoms. The van der Waals surface area contributed by atoms with Gasteiger partial charge in [-0.2, -0.15) is 0 Å². The zero-order valence-corrected chi connectivity index (χ0v) is 7.75. The van der Waals surface area contributed by atoms with Crippen LogP contribution >= 0.6 is 22.9 Å². The van der Waals surface area contributed by atoms with E-state index in [-0.39, 0.29) is 0 Å². The van der Waals surface area contributed by atoms with E-state index in [1.807, 2.05) is 18.4 Å². The second kappa shape index (κ2) is 3.69. The van der Waals surface area contributed by atoms with Crippen LogP contribution in [-0.4, -0.2) is 4.98 Å². The molecule has 1 heterocycles. The fourth-order valence-electron chi connectivity index (χ4n) is 0.683. The number of hydrogen-bond donors (Lipinski definition) is 0. The maximum atomic E-state index is 5.65. The Labute approximate surface area is 75.0 Å². The van der Waals surface area contributed by atoms with Crippen molar-refractivity contribution in [3.8, 4) is 0 Å². The van der Waals surface area contributed by atoms with Gasteiger partial charge in [0.2, 0.25) is 0 Å². The lowest BCUT2D eigenvalue weighted by atomic mass is 10.3. The van der Waals surface area contributed by atoms with Gasteiger partial charge in [-0.05, 0) is 12.5 Å². The van der Waals surface area contributed by atoms with Crippen LogP contribution < -0.4 is 0 Å². The molecule has 0 unspecified atom stereocenters. The predicted molar refractivity (Wildman–Crippen MR) is 51.0 cm³/mol. The fraction of sp³-hybridized carbons (Fsp3) is 0.125. The number of allylic oxidation sites excluding steroid dienone is 3. The van der Waals surface area contributed by atoms with Crippen LogP contribution in [0.1, 0.15) is 11.9 Å². The van der Waals surface area contributed by atoms with Crippen molar-refractivity contribution in [2.75, 3.05) is 0 Å². The third kappa shape index (κ3) is 2.17. The van der Waals surface area contributed by atoms with E-state index < -0.39 is 0 Å². The Kier molecular flexibility index (Phi) is 2.85. The molecule has 0 radical (unpaired) electrons. The largest absolute Gasteiger partial charge is 0.225 e. The van der Waals surface area contributed by atoms with Crippen LogP contribution in [0.5, 0.6) is 0 Å². The van der Waals surface area contributed by atoms with Crippen LogP contribution in [0.3, 0.4) is 0 Å². The zero-order valence-electron chi connectivity index (χ0n) is 6.17. The molecule has 0 spiro atoms. The van der Waals surface area contributed by atoms with Crippen LogP contribution in [0, 0.1) is 0 Å². The van der Waals surface area contributed by atoms with E-state index in [2.05, 4.69) is 11.6 Å². The molecule has 1 aromatic heterocycles. The van der Waals surface area contributed by atoms with Crippen LogP contribution in [0.2, 0.25) is 5.15 Å². The number of aromatic nitrogens is 1. The smallest absolute Gasteiger partial charge is 0.140 e. The molecule has 0 fully saturated rings. The van der Waals surface area contributed by atoms with Crippen molar-refractivity contribution in [1.29, 1.82) is 0 Å². The molecule has 58 valence electrons. The van der Waals surface area contributed by atoms with Crippen molar-refractivity contribution in [1.82, 2.24) is 4.98 Å². The molecule has 1 rings (SSSR count). The Morgan fingerprint density at radius 2 is 2.55 bits per heavy atom. The third-order valence-corrected chi connectivity index (χ3v) is 2.48. The van der Waals surface area contributed by atoms with E-state index in [1.165, 1.54) is 11.3 Å². The number of rotatable bonds is 2. The third-order valence-electron chi connectivity index (χ3n) is 1.18. The van der Waals surface area contributed by atoms with Gasteiger partial charge in [-0.1, -0.05) is 30.3 Å². The van der Waals surface area contributed by atoms with Gasteiger partial charge < -0.3 is 0 Å². The summed E-state index contributed by atoms with van der Waals surface area (Å²) >= 11 is 7.19. The highest BCUT2D eigenvalue weighted by atomic mass is 35.5. The van der Waals surface area contributed by atoms with Crippen molar-refractivity contribution in [2.45, 2.75) is 6.92 Å². The topological polar surface area (TPSA) is 12.9 Å². The maximum Gasteiger partial charge on any atom is 0.140 e. The highest BCUT2D eigenvalue weighted by molar-refractivity contribution is 7.11. The molecule has 0 N–H and O–H groups in total. The van der Waals surface area contributed by atoms with Crippen molar-refractivity contribution in [2.24, 2.45) is 0 Å². The van der Waals surface area contributed by atoms with Crippen LogP contribution in [0.25, 0.3) is 5.57 Å². The molecule has 0 aliphatic rings. The first-order valence-electron chi connectivity index (χ1n) is 3.14. The van der Waals surface area contributed by atoms with E-state index in [0.717, 1.165) is 10.6 Å². The van der Waals surface area contributed by atoms with Gasteiger partial charge in [0.15, 0.2) is 0 Å². The Bertz CT molecular complexity index is 288. The van der Waals surface area contributed by atoms with Crippen molar-refractivity contribution >= 4 is 28.5 Å². The molecule has 0 saturated carbocycles. The molecule has 0 atom stereocenters. The molecular formula is C8H8ClNS. The maximum absolute atomic E-state index is 5.65. The standard InChI is InChI=1S/C8H8ClNS/c1-3-4-6(2)8-10-7(9)5-11-8/h3-5H,1H2,2H3. The summed E-state index contributed by atoms with van der Waals surface area (Å²) in [6.07, 6.45) is 3.65. The second-order valence-corrected chi connectivity index (χ2v) is 3.31. The average molecular weight is 186 g/mol. The molecule has 0 saturated heterocycles. The van der Waals surface area contributed by atoms with Gasteiger partial charge in [-0.3, -0.25) is 0 Å². The molecular weight excluding hydrogens is 178 g/mol. The first-order valence-corrected chi connectivity index (χ1v) is 4.40. The SMILES string of the molecule is C=CC=C(C)c1nc(Cl)cs1. The van der Waals surface area contributed by atoms with Crippen LogP contribution in [0.4, 0.5) is 0 Å². The summed E-state index contributed by atoms with van der Waals surface area (Å²) in [5, 5.41) is 3.33. The minimum Gasteiger partial charge on any atom is -0.225 e. The highest BCUT2D eigenvalue weighted by Gasteiger charge is 1.99. The molecule has 0 aliphatic heterocycles. The number of nitrogens with zero attached hydrogens (tertiary/aromatic N) is 1. The lowest BCUT2D eigenvalue weighted by Crippen LogP contribution is -1.74. The molecule has 0 aromatic carbocycles. The number of hydrogen-bond acceptors (Lipinski definition) is 2. The Balaban J connectivity index is 2.93. The lowest BCUT2D eigenvalue weighted by Gasteiger charge is -1.89. The molecule has 0 bridgehead atoms. The summed E-state index contributed by atoms with van der Waals surface area (Å²) in [6, 6.07) is 0. The van der Waals surface area contributed by atoms with E-state index in [0.29, 0.717) is 5.15 Å². The summed E-state index contributed by atoms with van der Waals surface area (Å²) in [5.41, 5.74) is 1.09. The summed E-state index contributed by atoms with van der Waals surface area (Å²) < 4.78 is 0. The number of halogens is 1. The van der Waals surface area contributed by atoms with E-state index in [4.69, 9.17) is 11.6 Å². The molecule has 1 aromatic rings. The van der Waals surface area contributed by atoms with Crippen molar-refractivity contribution < 1.29 is 0 Å². The highest BCUT2D eigenvalue weighted by Crippen LogP contribution is 2.21. The normalized spacial score (nSPS) is 11.6. The predicted octanol–water partition coefficient (Wildman–Crippen LogP) is 3.39. The van der Waals surface area contributed by atoms with Gasteiger partial charge in [0.05, 0.1) is 0 Å². The van der Waals surface area contributed by atoms with Gasteiger partial charge in [-0.25, -0.2) is 4.98 Å².